The summed E-state index contributed by atoms with van der Waals surface area (Å²) >= 11 is 0. The van der Waals surface area contributed by atoms with E-state index in [1.807, 2.05) is 0 Å². The van der Waals surface area contributed by atoms with Crippen molar-refractivity contribution in [3.8, 4) is 17.2 Å². The number of benzene rings is 2. The lowest BCUT2D eigenvalue weighted by Crippen LogP contribution is -2.29. The van der Waals surface area contributed by atoms with Gasteiger partial charge in [-0.2, -0.15) is 0 Å². The number of carbonyl (C=O) groups is 1. The number of nitroso groups, excluding NO2 is 1. The lowest BCUT2D eigenvalue weighted by Gasteiger charge is -2.24. The second-order valence-electron chi connectivity index (χ2n) is 6.12. The average Bonchev–Trinajstić information content (AvgIpc) is 2.60. The Labute approximate surface area is 151 Å². The van der Waals surface area contributed by atoms with Crippen molar-refractivity contribution in [2.45, 2.75) is 19.4 Å². The third-order valence-electron chi connectivity index (χ3n) is 3.73. The van der Waals surface area contributed by atoms with Gasteiger partial charge in [0.25, 0.3) is 0 Å². The first kappa shape index (κ1) is 18.9. The number of hydrogen-bond acceptors (Lipinski definition) is 6. The minimum atomic E-state index is -1.04. The van der Waals surface area contributed by atoms with E-state index in [-0.39, 0.29) is 34.3 Å². The molecule has 2 N–H and O–H groups in total. The predicted molar refractivity (Wildman–Crippen MR) is 99.2 cm³/mol. The van der Waals surface area contributed by atoms with Gasteiger partial charge >= 0.3 is 0 Å². The van der Waals surface area contributed by atoms with Crippen molar-refractivity contribution >= 4 is 11.9 Å². The van der Waals surface area contributed by atoms with Crippen LogP contribution < -0.4 is 4.74 Å². The number of ketones is 1. The summed E-state index contributed by atoms with van der Waals surface area (Å²) in [4.78, 5) is 22.9. The van der Waals surface area contributed by atoms with Crippen molar-refractivity contribution in [2.24, 2.45) is 5.18 Å². The molecular formula is C20H19NO5. The van der Waals surface area contributed by atoms with Crippen molar-refractivity contribution in [2.75, 3.05) is 0 Å². The van der Waals surface area contributed by atoms with Crippen LogP contribution in [0.4, 0.5) is 0 Å². The van der Waals surface area contributed by atoms with Gasteiger partial charge in [-0.25, -0.2) is 0 Å². The minimum Gasteiger partial charge on any atom is -0.508 e. The molecule has 6 heteroatoms. The number of ether oxygens (including phenoxy) is 1. The molecule has 0 saturated carbocycles. The zero-order chi connectivity index (χ0) is 19.3. The van der Waals surface area contributed by atoms with Crippen LogP contribution in [0.25, 0.3) is 6.08 Å². The molecular weight excluding hydrogens is 334 g/mol. The molecule has 2 aromatic rings. The van der Waals surface area contributed by atoms with E-state index >= 15 is 0 Å². The van der Waals surface area contributed by atoms with Gasteiger partial charge in [0.1, 0.15) is 28.5 Å². The van der Waals surface area contributed by atoms with E-state index in [9.17, 15) is 19.9 Å². The van der Waals surface area contributed by atoms with Gasteiger partial charge in [-0.05, 0) is 54.9 Å². The fraction of sp³-hybridized carbons (Fsp3) is 0.150. The molecule has 6 nitrogen and oxygen atoms in total. The van der Waals surface area contributed by atoms with Gasteiger partial charge in [-0.1, -0.05) is 24.8 Å². The highest BCUT2D eigenvalue weighted by atomic mass is 16.5. The Balaban J connectivity index is 2.16. The molecule has 0 amide bonds. The Morgan fingerprint density at radius 1 is 1.15 bits per heavy atom. The maximum atomic E-state index is 12.2. The Morgan fingerprint density at radius 3 is 2.38 bits per heavy atom. The first-order chi connectivity index (χ1) is 12.2. The highest BCUT2D eigenvalue weighted by molar-refractivity contribution is 6.08. The highest BCUT2D eigenvalue weighted by Gasteiger charge is 2.25. The first-order valence-corrected chi connectivity index (χ1v) is 7.79. The van der Waals surface area contributed by atoms with E-state index in [1.54, 1.807) is 32.1 Å². The zero-order valence-electron chi connectivity index (χ0n) is 14.5. The third-order valence-corrected chi connectivity index (χ3v) is 3.73. The second kappa shape index (κ2) is 7.65. The van der Waals surface area contributed by atoms with Crippen molar-refractivity contribution in [1.82, 2.24) is 0 Å². The molecule has 0 aliphatic carbocycles. The number of phenolic OH excluding ortho intramolecular Hbond substituents is 2. The van der Waals surface area contributed by atoms with E-state index in [0.29, 0.717) is 0 Å². The van der Waals surface area contributed by atoms with Crippen LogP contribution in [0.3, 0.4) is 0 Å². The molecule has 0 heterocycles. The lowest BCUT2D eigenvalue weighted by atomic mass is 10.1. The molecule has 0 aliphatic rings. The van der Waals surface area contributed by atoms with Gasteiger partial charge in [-0.3, -0.25) is 4.79 Å². The number of carbonyl (C=O) groups excluding carboxylic acids is 1. The van der Waals surface area contributed by atoms with Gasteiger partial charge in [0, 0.05) is 6.07 Å². The van der Waals surface area contributed by atoms with Crippen LogP contribution in [-0.4, -0.2) is 21.6 Å². The molecule has 0 saturated heterocycles. The maximum absolute atomic E-state index is 12.2. The number of rotatable bonds is 7. The third kappa shape index (κ3) is 4.57. The summed E-state index contributed by atoms with van der Waals surface area (Å²) in [5, 5.41) is 22.1. The van der Waals surface area contributed by atoms with Gasteiger partial charge in [0.2, 0.25) is 0 Å². The monoisotopic (exact) mass is 353 g/mol. The SMILES string of the molecule is C=C(N=O)C(C)(C)Oc1ccc(C(=O)/C=C/c2ccc(O)cc2)c(O)c1. The number of allylic oxidation sites excluding steroid dienone is 1. The predicted octanol–water partition coefficient (Wildman–Crippen LogP) is 4.43. The molecule has 0 unspecified atom stereocenters. The van der Waals surface area contributed by atoms with Gasteiger partial charge in [0.05, 0.1) is 5.56 Å². The smallest absolute Gasteiger partial charge is 0.189 e. The summed E-state index contributed by atoms with van der Waals surface area (Å²) in [5.74, 6) is -0.225. The van der Waals surface area contributed by atoms with Crippen molar-refractivity contribution in [1.29, 1.82) is 0 Å². The van der Waals surface area contributed by atoms with E-state index in [0.717, 1.165) is 5.56 Å². The van der Waals surface area contributed by atoms with E-state index in [4.69, 9.17) is 4.74 Å². The molecule has 2 rings (SSSR count). The standard InChI is InChI=1S/C20H19NO5/c1-13(21-25)20(2,3)26-16-9-10-17(19(24)12-16)18(23)11-6-14-4-7-15(22)8-5-14/h4-12,22,24H,1H2,2-3H3/b11-6+. The van der Waals surface area contributed by atoms with E-state index < -0.39 is 5.60 Å². The molecule has 0 aliphatic heterocycles. The largest absolute Gasteiger partial charge is 0.508 e. The maximum Gasteiger partial charge on any atom is 0.189 e. The van der Waals surface area contributed by atoms with Crippen LogP contribution in [0.5, 0.6) is 17.2 Å². The zero-order valence-corrected chi connectivity index (χ0v) is 14.5. The van der Waals surface area contributed by atoms with Crippen LogP contribution >= 0.6 is 0 Å². The molecule has 0 atom stereocenters. The van der Waals surface area contributed by atoms with E-state index in [1.165, 1.54) is 36.4 Å². The molecule has 134 valence electrons. The van der Waals surface area contributed by atoms with Crippen LogP contribution in [0, 0.1) is 4.91 Å². The van der Waals surface area contributed by atoms with Crippen molar-refractivity contribution in [3.05, 3.63) is 76.9 Å². The number of phenols is 2. The van der Waals surface area contributed by atoms with Gasteiger partial charge < -0.3 is 14.9 Å². The molecule has 0 radical (unpaired) electrons. The number of aromatic hydroxyl groups is 2. The first-order valence-electron chi connectivity index (χ1n) is 7.79. The van der Waals surface area contributed by atoms with Gasteiger partial charge in [0.15, 0.2) is 5.78 Å². The summed E-state index contributed by atoms with van der Waals surface area (Å²) in [6.45, 7) is 6.76. The van der Waals surface area contributed by atoms with Crippen molar-refractivity contribution in [3.63, 3.8) is 0 Å². The molecule has 0 bridgehead atoms. The fourth-order valence-electron chi connectivity index (χ4n) is 2.09. The Bertz CT molecular complexity index is 866. The fourth-order valence-corrected chi connectivity index (χ4v) is 2.09. The summed E-state index contributed by atoms with van der Waals surface area (Å²) in [5.41, 5.74) is -0.193. The molecule has 0 spiro atoms. The number of nitrogens with zero attached hydrogens (tertiary/aromatic N) is 1. The van der Waals surface area contributed by atoms with E-state index in [2.05, 4.69) is 11.8 Å². The van der Waals surface area contributed by atoms with Crippen LogP contribution in [-0.2, 0) is 0 Å². The second-order valence-corrected chi connectivity index (χ2v) is 6.12. The van der Waals surface area contributed by atoms with Crippen molar-refractivity contribution < 1.29 is 19.7 Å². The Kier molecular flexibility index (Phi) is 5.57. The summed E-state index contributed by atoms with van der Waals surface area (Å²) in [6.07, 6.45) is 2.90. The summed E-state index contributed by atoms with van der Waals surface area (Å²) in [6, 6.07) is 10.6. The molecule has 0 fully saturated rings. The average molecular weight is 353 g/mol. The molecule has 2 aromatic carbocycles. The Morgan fingerprint density at radius 2 is 1.81 bits per heavy atom. The molecule has 26 heavy (non-hydrogen) atoms. The van der Waals surface area contributed by atoms with Crippen LogP contribution in [0.1, 0.15) is 29.8 Å². The highest BCUT2D eigenvalue weighted by Crippen LogP contribution is 2.29. The quantitative estimate of drug-likeness (QED) is 0.436. The number of hydrogen-bond donors (Lipinski definition) is 2. The van der Waals surface area contributed by atoms with Crippen LogP contribution in [0.15, 0.2) is 66.0 Å². The summed E-state index contributed by atoms with van der Waals surface area (Å²) < 4.78 is 5.60. The Hall–Kier alpha value is -3.41. The molecule has 0 aromatic heterocycles. The van der Waals surface area contributed by atoms with Gasteiger partial charge in [-0.15, -0.1) is 4.91 Å². The van der Waals surface area contributed by atoms with Crippen LogP contribution in [0.2, 0.25) is 0 Å². The minimum absolute atomic E-state index is 0.00831. The summed E-state index contributed by atoms with van der Waals surface area (Å²) in [7, 11) is 0. The lowest BCUT2D eigenvalue weighted by molar-refractivity contribution is 0.104. The normalized spacial score (nSPS) is 11.3. The topological polar surface area (TPSA) is 96.2 Å².